The Kier molecular flexibility index (Phi) is 6.12. The van der Waals surface area contributed by atoms with E-state index in [0.29, 0.717) is 17.4 Å². The minimum atomic E-state index is -2.79. The van der Waals surface area contributed by atoms with Crippen LogP contribution in [0.3, 0.4) is 0 Å². The summed E-state index contributed by atoms with van der Waals surface area (Å²) in [5, 5.41) is 3.45. The van der Waals surface area contributed by atoms with Crippen molar-refractivity contribution in [3.63, 3.8) is 0 Å². The van der Waals surface area contributed by atoms with Crippen molar-refractivity contribution in [2.75, 3.05) is 37.7 Å². The van der Waals surface area contributed by atoms with Crippen LogP contribution in [0.25, 0.3) is 0 Å². The Labute approximate surface area is 135 Å². The quantitative estimate of drug-likeness (QED) is 0.630. The number of aliphatic imine (C=N–C) groups is 1. The van der Waals surface area contributed by atoms with Gasteiger partial charge in [-0.3, -0.25) is 4.99 Å². The van der Waals surface area contributed by atoms with Gasteiger partial charge in [0.25, 0.3) is 0 Å². The van der Waals surface area contributed by atoms with Gasteiger partial charge in [-0.25, -0.2) is 8.42 Å². The smallest absolute Gasteiger partial charge is 0.193 e. The fourth-order valence-corrected chi connectivity index (χ4v) is 4.89. The van der Waals surface area contributed by atoms with Gasteiger partial charge in [-0.05, 0) is 37.0 Å². The Balaban J connectivity index is 1.91. The molecule has 2 aliphatic heterocycles. The van der Waals surface area contributed by atoms with Crippen molar-refractivity contribution in [3.8, 4) is 0 Å². The topological polar surface area (TPSA) is 61.8 Å². The standard InChI is InChI=1S/C16H31N3O2S/c1-13(2)10-17-16(19-7-4-14(3)5-8-19)18-11-15-6-9-22(20,21)12-15/h13-15H,4-12H2,1-3H3,(H,17,18). The summed E-state index contributed by atoms with van der Waals surface area (Å²) in [4.78, 5) is 7.09. The predicted molar refractivity (Wildman–Crippen MR) is 91.9 cm³/mol. The van der Waals surface area contributed by atoms with Crippen molar-refractivity contribution in [1.82, 2.24) is 10.2 Å². The molecule has 0 spiro atoms. The monoisotopic (exact) mass is 329 g/mol. The molecule has 2 heterocycles. The molecule has 0 aromatic heterocycles. The minimum Gasteiger partial charge on any atom is -0.356 e. The molecule has 0 amide bonds. The van der Waals surface area contributed by atoms with E-state index < -0.39 is 9.84 Å². The van der Waals surface area contributed by atoms with Gasteiger partial charge in [0.05, 0.1) is 11.5 Å². The number of nitrogens with zero attached hydrogens (tertiary/aromatic N) is 2. The number of likely N-dealkylation sites (tertiary alicyclic amines) is 1. The highest BCUT2D eigenvalue weighted by Crippen LogP contribution is 2.19. The maximum Gasteiger partial charge on any atom is 0.193 e. The van der Waals surface area contributed by atoms with Crippen LogP contribution in [0, 0.1) is 17.8 Å². The fourth-order valence-electron chi connectivity index (χ4n) is 3.03. The molecule has 6 heteroatoms. The molecule has 0 aliphatic carbocycles. The molecule has 1 unspecified atom stereocenters. The van der Waals surface area contributed by atoms with E-state index in [0.717, 1.165) is 44.5 Å². The molecule has 128 valence electrons. The van der Waals surface area contributed by atoms with Gasteiger partial charge in [0.1, 0.15) is 0 Å². The third kappa shape index (κ3) is 5.45. The molecule has 1 N–H and O–H groups in total. The zero-order valence-electron chi connectivity index (χ0n) is 14.2. The van der Waals surface area contributed by atoms with Crippen molar-refractivity contribution in [3.05, 3.63) is 0 Å². The molecule has 0 radical (unpaired) electrons. The van der Waals surface area contributed by atoms with Crippen LogP contribution in [0.4, 0.5) is 0 Å². The number of hydrogen-bond acceptors (Lipinski definition) is 3. The van der Waals surface area contributed by atoms with Gasteiger partial charge in [-0.15, -0.1) is 0 Å². The Morgan fingerprint density at radius 2 is 1.95 bits per heavy atom. The molecule has 2 aliphatic rings. The lowest BCUT2D eigenvalue weighted by Gasteiger charge is -2.33. The van der Waals surface area contributed by atoms with E-state index in [4.69, 9.17) is 4.99 Å². The largest absolute Gasteiger partial charge is 0.356 e. The molecule has 0 aromatic carbocycles. The van der Waals surface area contributed by atoms with Gasteiger partial charge in [-0.1, -0.05) is 20.8 Å². The second-order valence-electron chi connectivity index (χ2n) is 7.38. The lowest BCUT2D eigenvalue weighted by atomic mass is 9.99. The Morgan fingerprint density at radius 1 is 1.27 bits per heavy atom. The third-order valence-electron chi connectivity index (χ3n) is 4.56. The Bertz CT molecular complexity index is 480. The molecule has 2 fully saturated rings. The summed E-state index contributed by atoms with van der Waals surface area (Å²) in [5.41, 5.74) is 0. The molecule has 0 saturated carbocycles. The highest BCUT2D eigenvalue weighted by molar-refractivity contribution is 7.91. The fraction of sp³-hybridized carbons (Fsp3) is 0.938. The summed E-state index contributed by atoms with van der Waals surface area (Å²) in [7, 11) is -2.79. The Morgan fingerprint density at radius 3 is 2.50 bits per heavy atom. The maximum atomic E-state index is 11.6. The molecular weight excluding hydrogens is 298 g/mol. The van der Waals surface area contributed by atoms with Crippen LogP contribution in [0.5, 0.6) is 0 Å². The van der Waals surface area contributed by atoms with Gasteiger partial charge >= 0.3 is 0 Å². The third-order valence-corrected chi connectivity index (χ3v) is 6.40. The highest BCUT2D eigenvalue weighted by Gasteiger charge is 2.28. The van der Waals surface area contributed by atoms with Crippen LogP contribution in [0.2, 0.25) is 0 Å². The van der Waals surface area contributed by atoms with Crippen molar-refractivity contribution in [2.24, 2.45) is 22.7 Å². The van der Waals surface area contributed by atoms with E-state index in [9.17, 15) is 8.42 Å². The lowest BCUT2D eigenvalue weighted by Crippen LogP contribution is -2.47. The normalized spacial score (nSPS) is 26.6. The van der Waals surface area contributed by atoms with Crippen LogP contribution >= 0.6 is 0 Å². The van der Waals surface area contributed by atoms with Crippen LogP contribution in [-0.2, 0) is 9.84 Å². The zero-order valence-corrected chi connectivity index (χ0v) is 15.0. The van der Waals surface area contributed by atoms with E-state index >= 15 is 0 Å². The summed E-state index contributed by atoms with van der Waals surface area (Å²) >= 11 is 0. The maximum absolute atomic E-state index is 11.6. The van der Waals surface area contributed by atoms with E-state index in [1.54, 1.807) is 0 Å². The number of hydrogen-bond donors (Lipinski definition) is 1. The first-order valence-electron chi connectivity index (χ1n) is 8.59. The minimum absolute atomic E-state index is 0.234. The van der Waals surface area contributed by atoms with Crippen molar-refractivity contribution >= 4 is 15.8 Å². The van der Waals surface area contributed by atoms with Crippen LogP contribution in [-0.4, -0.2) is 57.0 Å². The first kappa shape index (κ1) is 17.6. The lowest BCUT2D eigenvalue weighted by molar-refractivity contribution is 0.271. The van der Waals surface area contributed by atoms with Crippen LogP contribution < -0.4 is 5.32 Å². The predicted octanol–water partition coefficient (Wildman–Crippen LogP) is 1.75. The average Bonchev–Trinajstić information content (AvgIpc) is 2.79. The number of nitrogens with one attached hydrogen (secondary N) is 1. The molecule has 0 aromatic rings. The highest BCUT2D eigenvalue weighted by atomic mass is 32.2. The van der Waals surface area contributed by atoms with E-state index in [1.807, 2.05) is 0 Å². The molecule has 22 heavy (non-hydrogen) atoms. The second-order valence-corrected chi connectivity index (χ2v) is 9.61. The van der Waals surface area contributed by atoms with Crippen molar-refractivity contribution < 1.29 is 8.42 Å². The number of sulfone groups is 1. The molecule has 5 nitrogen and oxygen atoms in total. The van der Waals surface area contributed by atoms with Gasteiger partial charge in [0.15, 0.2) is 15.8 Å². The van der Waals surface area contributed by atoms with Crippen molar-refractivity contribution in [1.29, 1.82) is 0 Å². The van der Waals surface area contributed by atoms with E-state index in [1.165, 1.54) is 12.8 Å². The molecule has 1 atom stereocenters. The zero-order chi connectivity index (χ0) is 16.2. The van der Waals surface area contributed by atoms with Crippen LogP contribution in [0.1, 0.15) is 40.0 Å². The summed E-state index contributed by atoms with van der Waals surface area (Å²) < 4.78 is 23.1. The number of guanidine groups is 1. The first-order chi connectivity index (χ1) is 10.4. The van der Waals surface area contributed by atoms with Gasteiger partial charge in [0.2, 0.25) is 0 Å². The van der Waals surface area contributed by atoms with E-state index in [2.05, 4.69) is 31.0 Å². The summed E-state index contributed by atoms with van der Waals surface area (Å²) in [5.74, 6) is 3.21. The van der Waals surface area contributed by atoms with E-state index in [-0.39, 0.29) is 5.92 Å². The molecular formula is C16H31N3O2S. The second kappa shape index (κ2) is 7.66. The molecule has 2 rings (SSSR count). The van der Waals surface area contributed by atoms with Crippen molar-refractivity contribution in [2.45, 2.75) is 40.0 Å². The summed E-state index contributed by atoms with van der Waals surface area (Å²) in [6, 6.07) is 0. The Hall–Kier alpha value is -0.780. The van der Waals surface area contributed by atoms with Gasteiger partial charge < -0.3 is 10.2 Å². The number of rotatable bonds is 4. The summed E-state index contributed by atoms with van der Waals surface area (Å²) in [6.07, 6.45) is 3.20. The number of piperidine rings is 1. The molecule has 2 saturated heterocycles. The van der Waals surface area contributed by atoms with Gasteiger partial charge in [0, 0.05) is 26.2 Å². The average molecular weight is 330 g/mol. The molecule has 0 bridgehead atoms. The SMILES string of the molecule is CC(C)CN=C(NCC1CCS(=O)(=O)C1)N1CCC(C)CC1. The van der Waals surface area contributed by atoms with Gasteiger partial charge in [-0.2, -0.15) is 0 Å². The van der Waals surface area contributed by atoms with Crippen LogP contribution in [0.15, 0.2) is 4.99 Å². The summed E-state index contributed by atoms with van der Waals surface area (Å²) in [6.45, 7) is 10.3. The first-order valence-corrected chi connectivity index (χ1v) is 10.4.